The van der Waals surface area contributed by atoms with Gasteiger partial charge in [0.25, 0.3) is 0 Å². The minimum absolute atomic E-state index is 0.00780. The third-order valence-corrected chi connectivity index (χ3v) is 5.86. The molecule has 0 unspecified atom stereocenters. The number of rotatable bonds is 6. The second-order valence-corrected chi connectivity index (χ2v) is 10.1. The number of carbonyl (C=O) groups is 4. The van der Waals surface area contributed by atoms with Crippen LogP contribution in [0, 0.1) is 5.92 Å². The predicted molar refractivity (Wildman–Crippen MR) is 122 cm³/mol. The Balaban J connectivity index is 1.58. The highest BCUT2D eigenvalue weighted by atomic mass is 16.6. The Morgan fingerprint density at radius 3 is 2.41 bits per heavy atom. The van der Waals surface area contributed by atoms with E-state index in [1.54, 1.807) is 16.0 Å². The summed E-state index contributed by atoms with van der Waals surface area (Å²) in [4.78, 5) is 57.0. The Bertz CT molecular complexity index is 942. The predicted octanol–water partition coefficient (Wildman–Crippen LogP) is 2.27. The van der Waals surface area contributed by atoms with Crippen molar-refractivity contribution in [3.05, 3.63) is 17.7 Å². The molecule has 34 heavy (non-hydrogen) atoms. The van der Waals surface area contributed by atoms with Gasteiger partial charge in [-0.15, -0.1) is 0 Å². The molecule has 0 aliphatic carbocycles. The molecule has 11 nitrogen and oxygen atoms in total. The first-order valence-corrected chi connectivity index (χ1v) is 11.7. The van der Waals surface area contributed by atoms with E-state index in [1.807, 2.05) is 34.6 Å². The van der Waals surface area contributed by atoms with Crippen molar-refractivity contribution < 1.29 is 28.7 Å². The van der Waals surface area contributed by atoms with Crippen LogP contribution in [-0.4, -0.2) is 74.1 Å². The molecular weight excluding hydrogens is 442 g/mol. The third kappa shape index (κ3) is 5.87. The van der Waals surface area contributed by atoms with Crippen molar-refractivity contribution in [2.24, 2.45) is 5.92 Å². The smallest absolute Gasteiger partial charge is 0.410 e. The molecule has 1 aromatic heterocycles. The molecule has 2 aliphatic heterocycles. The lowest BCUT2D eigenvalue weighted by molar-refractivity contribution is -0.150. The van der Waals surface area contributed by atoms with E-state index in [4.69, 9.17) is 9.47 Å². The lowest BCUT2D eigenvalue weighted by Gasteiger charge is -2.36. The van der Waals surface area contributed by atoms with E-state index in [2.05, 4.69) is 10.3 Å². The Hall–Kier alpha value is -3.11. The zero-order valence-corrected chi connectivity index (χ0v) is 20.8. The molecule has 1 saturated heterocycles. The Morgan fingerprint density at radius 2 is 1.85 bits per heavy atom. The number of amides is 3. The fraction of sp³-hybridized carbons (Fsp3) is 0.696. The number of esters is 1. The van der Waals surface area contributed by atoms with E-state index in [9.17, 15) is 19.2 Å². The maximum atomic E-state index is 13.2. The molecule has 1 fully saturated rings. The van der Waals surface area contributed by atoms with Gasteiger partial charge in [0.1, 0.15) is 18.2 Å². The highest BCUT2D eigenvalue weighted by molar-refractivity contribution is 5.84. The van der Waals surface area contributed by atoms with Gasteiger partial charge in [-0.2, -0.15) is 0 Å². The van der Waals surface area contributed by atoms with Crippen LogP contribution in [-0.2, 0) is 32.2 Å². The summed E-state index contributed by atoms with van der Waals surface area (Å²) >= 11 is 0. The summed E-state index contributed by atoms with van der Waals surface area (Å²) in [5, 5.41) is 2.59. The van der Waals surface area contributed by atoms with E-state index in [0.717, 1.165) is 5.69 Å². The number of carbonyl (C=O) groups excluding carboxylic acids is 4. The molecular formula is C23H35N5O6. The Labute approximate surface area is 199 Å². The van der Waals surface area contributed by atoms with E-state index >= 15 is 0 Å². The Morgan fingerprint density at radius 1 is 1.21 bits per heavy atom. The number of nitrogens with one attached hydrogen (secondary N) is 1. The molecule has 3 amide bonds. The summed E-state index contributed by atoms with van der Waals surface area (Å²) in [6.07, 6.45) is 2.59. The third-order valence-electron chi connectivity index (χ3n) is 5.86. The number of fused-ring (bicyclic) bond motifs is 1. The van der Waals surface area contributed by atoms with E-state index in [-0.39, 0.29) is 36.6 Å². The number of nitrogens with zero attached hydrogens (tertiary/aromatic N) is 4. The van der Waals surface area contributed by atoms with Crippen LogP contribution in [0.3, 0.4) is 0 Å². The van der Waals surface area contributed by atoms with Gasteiger partial charge < -0.3 is 24.6 Å². The molecule has 0 spiro atoms. The quantitative estimate of drug-likeness (QED) is 0.624. The van der Waals surface area contributed by atoms with Crippen LogP contribution in [0.25, 0.3) is 0 Å². The first-order chi connectivity index (χ1) is 15.9. The van der Waals surface area contributed by atoms with Crippen LogP contribution in [0.2, 0.25) is 0 Å². The van der Waals surface area contributed by atoms with Crippen LogP contribution in [0.4, 0.5) is 9.59 Å². The van der Waals surface area contributed by atoms with Gasteiger partial charge in [-0.25, -0.2) is 23.9 Å². The molecule has 1 atom stereocenters. The van der Waals surface area contributed by atoms with Gasteiger partial charge in [-0.3, -0.25) is 4.79 Å². The van der Waals surface area contributed by atoms with Gasteiger partial charge in [-0.1, -0.05) is 13.8 Å². The van der Waals surface area contributed by atoms with E-state index in [0.29, 0.717) is 38.3 Å². The van der Waals surface area contributed by atoms with Gasteiger partial charge in [0, 0.05) is 26.1 Å². The fourth-order valence-corrected chi connectivity index (χ4v) is 4.16. The van der Waals surface area contributed by atoms with Crippen molar-refractivity contribution in [3.63, 3.8) is 0 Å². The summed E-state index contributed by atoms with van der Waals surface area (Å²) in [6, 6.07) is -0.990. The molecule has 3 rings (SSSR count). The monoisotopic (exact) mass is 477 g/mol. The zero-order chi connectivity index (χ0) is 25.2. The van der Waals surface area contributed by atoms with Gasteiger partial charge in [0.05, 0.1) is 18.4 Å². The second-order valence-electron chi connectivity index (χ2n) is 10.1. The first-order valence-electron chi connectivity index (χ1n) is 11.7. The van der Waals surface area contributed by atoms with Crippen molar-refractivity contribution in [2.45, 2.75) is 85.2 Å². The molecule has 1 aromatic rings. The average molecular weight is 478 g/mol. The normalized spacial score (nSPS) is 17.6. The Kier molecular flexibility index (Phi) is 7.52. The first kappa shape index (κ1) is 25.5. The lowest BCUT2D eigenvalue weighted by atomic mass is 10.0. The van der Waals surface area contributed by atoms with Crippen molar-refractivity contribution in [2.75, 3.05) is 13.1 Å². The second kappa shape index (κ2) is 10.0. The summed E-state index contributed by atoms with van der Waals surface area (Å²) in [7, 11) is 0. The summed E-state index contributed by atoms with van der Waals surface area (Å²) in [6.45, 7) is 11.7. The highest BCUT2D eigenvalue weighted by Gasteiger charge is 2.38. The summed E-state index contributed by atoms with van der Waals surface area (Å²) in [5.41, 5.74) is 0.180. The number of likely N-dealkylation sites (tertiary alicyclic amines) is 1. The van der Waals surface area contributed by atoms with Gasteiger partial charge in [-0.05, 0) is 39.5 Å². The molecule has 0 saturated carbocycles. The molecule has 188 valence electrons. The number of ether oxygens (including phenoxy) is 2. The summed E-state index contributed by atoms with van der Waals surface area (Å²) in [5.74, 6) is -0.696. The molecule has 0 aromatic carbocycles. The van der Waals surface area contributed by atoms with Crippen molar-refractivity contribution in [1.82, 2.24) is 24.7 Å². The van der Waals surface area contributed by atoms with E-state index < -0.39 is 17.6 Å². The maximum Gasteiger partial charge on any atom is 0.410 e. The molecule has 0 bridgehead atoms. The number of piperidine rings is 1. The standard InChI is InChI=1S/C23H35N5O6/c1-14(2)19(25-15(3)29)20(30)33-13-18-24-11-17-12-27(21(31)28(17)18)16-7-9-26(10-8-16)22(32)34-23(4,5)6/h11,14,16,19H,7-10,12-13H2,1-6H3,(H,25,29)/t19-/m0/s1. The number of hydrogen-bond donors (Lipinski definition) is 1. The molecule has 3 heterocycles. The molecule has 0 radical (unpaired) electrons. The molecule has 11 heteroatoms. The van der Waals surface area contributed by atoms with Crippen molar-refractivity contribution in [1.29, 1.82) is 0 Å². The van der Waals surface area contributed by atoms with Crippen LogP contribution in [0.15, 0.2) is 6.20 Å². The number of aromatic nitrogens is 2. The zero-order valence-electron chi connectivity index (χ0n) is 20.8. The minimum Gasteiger partial charge on any atom is -0.456 e. The van der Waals surface area contributed by atoms with Crippen molar-refractivity contribution >= 4 is 24.0 Å². The van der Waals surface area contributed by atoms with E-state index in [1.165, 1.54) is 11.5 Å². The molecule has 2 aliphatic rings. The molecule has 1 N–H and O–H groups in total. The number of imidazole rings is 1. The van der Waals surface area contributed by atoms with Crippen LogP contribution >= 0.6 is 0 Å². The highest BCUT2D eigenvalue weighted by Crippen LogP contribution is 2.27. The fourth-order valence-electron chi connectivity index (χ4n) is 4.16. The topological polar surface area (TPSA) is 123 Å². The van der Waals surface area contributed by atoms with Crippen LogP contribution in [0.5, 0.6) is 0 Å². The largest absolute Gasteiger partial charge is 0.456 e. The van der Waals surface area contributed by atoms with Crippen molar-refractivity contribution in [3.8, 4) is 0 Å². The maximum absolute atomic E-state index is 13.2. The van der Waals surface area contributed by atoms with Crippen LogP contribution < -0.4 is 5.32 Å². The summed E-state index contributed by atoms with van der Waals surface area (Å²) < 4.78 is 12.3. The SMILES string of the molecule is CC(=O)N[C@H](C(=O)OCc1ncc2n1C(=O)N(C1CCN(C(=O)OC(C)(C)C)CC1)C2)C(C)C. The minimum atomic E-state index is -0.770. The van der Waals surface area contributed by atoms with Gasteiger partial charge in [0.15, 0.2) is 5.82 Å². The lowest BCUT2D eigenvalue weighted by Crippen LogP contribution is -2.48. The average Bonchev–Trinajstić information content (AvgIpc) is 3.29. The van der Waals surface area contributed by atoms with Crippen LogP contribution in [0.1, 0.15) is 65.9 Å². The van der Waals surface area contributed by atoms with Gasteiger partial charge >= 0.3 is 18.1 Å². The number of hydrogen-bond acceptors (Lipinski definition) is 7. The van der Waals surface area contributed by atoms with Gasteiger partial charge in [0.2, 0.25) is 5.91 Å².